The molecule has 2 N–H and O–H groups in total. The van der Waals surface area contributed by atoms with Crippen LogP contribution in [-0.4, -0.2) is 30.7 Å². The molecular weight excluding hydrogens is 396 g/mol. The molecule has 0 bridgehead atoms. The standard InChI is InChI=1S/C20H22N2O4S2/c1-3-26-13-8-6-7-12(11-13)17(23)21-20(27)22-18-16(19(24)25-2)14-9-4-5-10-15(14)28-18/h6-8,11H,3-5,9-10H2,1-2H3,(H2,21,22,23,27). The van der Waals surface area contributed by atoms with Crippen LogP contribution >= 0.6 is 23.6 Å². The van der Waals surface area contributed by atoms with Crippen molar-refractivity contribution in [1.82, 2.24) is 5.32 Å². The molecule has 0 saturated carbocycles. The molecule has 8 heteroatoms. The van der Waals surface area contributed by atoms with Gasteiger partial charge in [0, 0.05) is 10.4 Å². The van der Waals surface area contributed by atoms with Crippen LogP contribution in [0.2, 0.25) is 0 Å². The van der Waals surface area contributed by atoms with Crippen LogP contribution in [0.3, 0.4) is 0 Å². The Kier molecular flexibility index (Phi) is 6.64. The molecule has 1 aromatic heterocycles. The molecule has 1 aromatic carbocycles. The first-order valence-corrected chi connectivity index (χ1v) is 10.3. The van der Waals surface area contributed by atoms with Gasteiger partial charge in [-0.2, -0.15) is 0 Å². The van der Waals surface area contributed by atoms with E-state index in [1.165, 1.54) is 23.3 Å². The number of hydrogen-bond donors (Lipinski definition) is 2. The van der Waals surface area contributed by atoms with Gasteiger partial charge in [-0.25, -0.2) is 4.79 Å². The SMILES string of the molecule is CCOc1cccc(C(=O)NC(=S)Nc2sc3c(c2C(=O)OC)CCCC3)c1. The number of fused-ring (bicyclic) bond motifs is 1. The highest BCUT2D eigenvalue weighted by Gasteiger charge is 2.26. The Morgan fingerprint density at radius 3 is 2.79 bits per heavy atom. The van der Waals surface area contributed by atoms with Crippen molar-refractivity contribution in [1.29, 1.82) is 0 Å². The van der Waals surface area contributed by atoms with Gasteiger partial charge in [0.05, 0.1) is 19.3 Å². The number of carbonyl (C=O) groups excluding carboxylic acids is 2. The monoisotopic (exact) mass is 418 g/mol. The second-order valence-corrected chi connectivity index (χ2v) is 7.79. The second kappa shape index (κ2) is 9.16. The molecule has 0 unspecified atom stereocenters. The third-order valence-corrected chi connectivity index (χ3v) is 5.83. The first kappa shape index (κ1) is 20.3. The summed E-state index contributed by atoms with van der Waals surface area (Å²) in [6.45, 7) is 2.40. The zero-order chi connectivity index (χ0) is 20.1. The lowest BCUT2D eigenvalue weighted by atomic mass is 9.95. The largest absolute Gasteiger partial charge is 0.494 e. The van der Waals surface area contributed by atoms with Gasteiger partial charge in [-0.3, -0.25) is 10.1 Å². The van der Waals surface area contributed by atoms with Crippen molar-refractivity contribution in [3.63, 3.8) is 0 Å². The molecule has 0 atom stereocenters. The summed E-state index contributed by atoms with van der Waals surface area (Å²) in [6, 6.07) is 6.88. The first-order valence-electron chi connectivity index (χ1n) is 9.11. The van der Waals surface area contributed by atoms with Gasteiger partial charge in [-0.1, -0.05) is 6.07 Å². The van der Waals surface area contributed by atoms with E-state index in [1.54, 1.807) is 24.3 Å². The number of esters is 1. The third-order valence-electron chi connectivity index (χ3n) is 4.42. The molecule has 6 nitrogen and oxygen atoms in total. The molecular formula is C20H22N2O4S2. The van der Waals surface area contributed by atoms with Crippen LogP contribution in [0.1, 0.15) is 50.9 Å². The second-order valence-electron chi connectivity index (χ2n) is 6.28. The number of ether oxygens (including phenoxy) is 2. The van der Waals surface area contributed by atoms with Crippen LogP contribution in [-0.2, 0) is 17.6 Å². The average molecular weight is 419 g/mol. The number of carbonyl (C=O) groups is 2. The fourth-order valence-corrected chi connectivity index (χ4v) is 4.72. The molecule has 0 radical (unpaired) electrons. The number of thiocarbonyl (C=S) groups is 1. The number of anilines is 1. The van der Waals surface area contributed by atoms with Gasteiger partial charge in [-0.15, -0.1) is 11.3 Å². The number of rotatable bonds is 5. The quantitative estimate of drug-likeness (QED) is 0.566. The van der Waals surface area contributed by atoms with E-state index in [-0.39, 0.29) is 17.0 Å². The summed E-state index contributed by atoms with van der Waals surface area (Å²) in [7, 11) is 1.37. The smallest absolute Gasteiger partial charge is 0.341 e. The summed E-state index contributed by atoms with van der Waals surface area (Å²) in [6.07, 6.45) is 3.94. The Morgan fingerprint density at radius 2 is 2.04 bits per heavy atom. The van der Waals surface area contributed by atoms with E-state index in [4.69, 9.17) is 21.7 Å². The number of methoxy groups -OCH3 is 1. The van der Waals surface area contributed by atoms with Crippen molar-refractivity contribution in [3.05, 3.63) is 45.8 Å². The highest BCUT2D eigenvalue weighted by Crippen LogP contribution is 2.38. The molecule has 0 fully saturated rings. The fourth-order valence-electron chi connectivity index (χ4n) is 3.18. The lowest BCUT2D eigenvalue weighted by Gasteiger charge is -2.12. The molecule has 0 saturated heterocycles. The van der Waals surface area contributed by atoms with E-state index in [0.29, 0.717) is 28.5 Å². The zero-order valence-corrected chi connectivity index (χ0v) is 17.4. The van der Waals surface area contributed by atoms with E-state index in [1.807, 2.05) is 6.92 Å². The molecule has 2 aromatic rings. The predicted molar refractivity (Wildman–Crippen MR) is 114 cm³/mol. The Morgan fingerprint density at radius 1 is 1.25 bits per heavy atom. The van der Waals surface area contributed by atoms with E-state index < -0.39 is 0 Å². The number of benzene rings is 1. The number of amides is 1. The molecule has 0 spiro atoms. The van der Waals surface area contributed by atoms with Crippen LogP contribution in [0.5, 0.6) is 5.75 Å². The molecule has 1 heterocycles. The minimum atomic E-state index is -0.388. The van der Waals surface area contributed by atoms with Crippen molar-refractivity contribution < 1.29 is 19.1 Å². The van der Waals surface area contributed by atoms with Crippen molar-refractivity contribution >= 4 is 45.5 Å². The van der Waals surface area contributed by atoms with E-state index in [9.17, 15) is 9.59 Å². The lowest BCUT2D eigenvalue weighted by Crippen LogP contribution is -2.34. The van der Waals surface area contributed by atoms with Crippen LogP contribution in [0.25, 0.3) is 0 Å². The molecule has 28 heavy (non-hydrogen) atoms. The Hall–Kier alpha value is -2.45. The molecule has 1 aliphatic rings. The van der Waals surface area contributed by atoms with Gasteiger partial charge in [-0.05, 0) is 68.6 Å². The summed E-state index contributed by atoms with van der Waals surface area (Å²) in [4.78, 5) is 26.0. The van der Waals surface area contributed by atoms with Crippen LogP contribution in [0.15, 0.2) is 24.3 Å². The zero-order valence-electron chi connectivity index (χ0n) is 15.8. The number of hydrogen-bond acceptors (Lipinski definition) is 6. The Labute approximate surface area is 173 Å². The minimum absolute atomic E-state index is 0.135. The Bertz CT molecular complexity index is 908. The highest BCUT2D eigenvalue weighted by molar-refractivity contribution is 7.80. The summed E-state index contributed by atoms with van der Waals surface area (Å²) >= 11 is 6.79. The van der Waals surface area contributed by atoms with Gasteiger partial charge < -0.3 is 14.8 Å². The number of aryl methyl sites for hydroxylation is 1. The highest BCUT2D eigenvalue weighted by atomic mass is 32.1. The molecule has 0 aliphatic heterocycles. The van der Waals surface area contributed by atoms with Crippen molar-refractivity contribution in [2.75, 3.05) is 19.0 Å². The van der Waals surface area contributed by atoms with Gasteiger partial charge >= 0.3 is 5.97 Å². The molecule has 1 aliphatic carbocycles. The van der Waals surface area contributed by atoms with Gasteiger partial charge in [0.1, 0.15) is 10.8 Å². The van der Waals surface area contributed by atoms with Crippen LogP contribution in [0.4, 0.5) is 5.00 Å². The Balaban J connectivity index is 1.74. The fraction of sp³-hybridized carbons (Fsp3) is 0.350. The van der Waals surface area contributed by atoms with Gasteiger partial charge in [0.25, 0.3) is 5.91 Å². The van der Waals surface area contributed by atoms with Crippen molar-refractivity contribution in [3.8, 4) is 5.75 Å². The third kappa shape index (κ3) is 4.51. The minimum Gasteiger partial charge on any atom is -0.494 e. The molecule has 3 rings (SSSR count). The molecule has 148 valence electrons. The molecule has 1 amide bonds. The van der Waals surface area contributed by atoms with Gasteiger partial charge in [0.15, 0.2) is 5.11 Å². The topological polar surface area (TPSA) is 76.7 Å². The normalized spacial score (nSPS) is 12.6. The predicted octanol–water partition coefficient (Wildman–Crippen LogP) is 3.94. The van der Waals surface area contributed by atoms with Crippen molar-refractivity contribution in [2.24, 2.45) is 0 Å². The van der Waals surface area contributed by atoms with Gasteiger partial charge in [0.2, 0.25) is 0 Å². The van der Waals surface area contributed by atoms with Crippen molar-refractivity contribution in [2.45, 2.75) is 32.6 Å². The number of nitrogens with one attached hydrogen (secondary N) is 2. The van der Waals surface area contributed by atoms with E-state index in [0.717, 1.165) is 31.2 Å². The number of thiophene rings is 1. The summed E-state index contributed by atoms with van der Waals surface area (Å²) in [5, 5.41) is 6.42. The average Bonchev–Trinajstić information content (AvgIpc) is 3.05. The maximum Gasteiger partial charge on any atom is 0.341 e. The first-order chi connectivity index (χ1) is 13.5. The van der Waals surface area contributed by atoms with Crippen LogP contribution < -0.4 is 15.4 Å². The maximum absolute atomic E-state index is 12.5. The summed E-state index contributed by atoms with van der Waals surface area (Å²) in [5.41, 5.74) is 2.00. The van der Waals surface area contributed by atoms with Crippen LogP contribution in [0, 0.1) is 0 Å². The summed E-state index contributed by atoms with van der Waals surface area (Å²) in [5.74, 6) is -0.117. The maximum atomic E-state index is 12.5. The lowest BCUT2D eigenvalue weighted by molar-refractivity contribution is 0.0601. The van der Waals surface area contributed by atoms with E-state index >= 15 is 0 Å². The summed E-state index contributed by atoms with van der Waals surface area (Å²) < 4.78 is 10.4. The van der Waals surface area contributed by atoms with E-state index in [2.05, 4.69) is 10.6 Å².